The Hall–Kier alpha value is -3.57. The van der Waals surface area contributed by atoms with Crippen LogP contribution < -0.4 is 10.6 Å². The van der Waals surface area contributed by atoms with E-state index in [1.54, 1.807) is 0 Å². The van der Waals surface area contributed by atoms with Crippen molar-refractivity contribution < 1.29 is 0 Å². The van der Waals surface area contributed by atoms with Crippen molar-refractivity contribution in [2.24, 2.45) is 0 Å². The number of rotatable bonds is 2. The summed E-state index contributed by atoms with van der Waals surface area (Å²) in [6.45, 7) is 6.02. The maximum absolute atomic E-state index is 9.65. The molecule has 1 aromatic carbocycles. The first-order chi connectivity index (χ1) is 13.5. The van der Waals surface area contributed by atoms with E-state index in [4.69, 9.17) is 5.73 Å². The molecule has 1 saturated heterocycles. The van der Waals surface area contributed by atoms with Gasteiger partial charge >= 0.3 is 0 Å². The SMILES string of the molecule is CC1=C(C#N)c2nc(N)c(C#N)c(C)c2/C1=C\c1ccc(N2CCCC2)cc1. The van der Waals surface area contributed by atoms with Crippen molar-refractivity contribution >= 4 is 28.7 Å². The van der Waals surface area contributed by atoms with E-state index in [1.165, 1.54) is 18.5 Å². The molecule has 1 aliphatic heterocycles. The van der Waals surface area contributed by atoms with Crippen LogP contribution in [0.1, 0.15) is 47.7 Å². The predicted octanol–water partition coefficient (Wildman–Crippen LogP) is 4.30. The van der Waals surface area contributed by atoms with Gasteiger partial charge in [0.05, 0.1) is 16.8 Å². The highest BCUT2D eigenvalue weighted by atomic mass is 15.1. The molecule has 0 bridgehead atoms. The van der Waals surface area contributed by atoms with E-state index in [9.17, 15) is 10.5 Å². The van der Waals surface area contributed by atoms with Gasteiger partial charge in [-0.3, -0.25) is 0 Å². The lowest BCUT2D eigenvalue weighted by atomic mass is 9.95. The summed E-state index contributed by atoms with van der Waals surface area (Å²) in [4.78, 5) is 6.77. The van der Waals surface area contributed by atoms with Gasteiger partial charge in [0.25, 0.3) is 0 Å². The third-order valence-electron chi connectivity index (χ3n) is 5.66. The van der Waals surface area contributed by atoms with Gasteiger partial charge in [-0.05, 0) is 67.2 Å². The Morgan fingerprint density at radius 1 is 1.07 bits per heavy atom. The zero-order valence-corrected chi connectivity index (χ0v) is 16.1. The fraction of sp³-hybridized carbons (Fsp3) is 0.261. The van der Waals surface area contributed by atoms with Crippen LogP contribution >= 0.6 is 0 Å². The second-order valence-corrected chi connectivity index (χ2v) is 7.29. The Bertz CT molecular complexity index is 1100. The summed E-state index contributed by atoms with van der Waals surface area (Å²) in [6, 6.07) is 12.9. The summed E-state index contributed by atoms with van der Waals surface area (Å²) in [5.41, 5.74) is 13.1. The Balaban J connectivity index is 1.81. The molecule has 2 aromatic rings. The lowest BCUT2D eigenvalue weighted by Gasteiger charge is -2.17. The molecule has 0 unspecified atom stereocenters. The van der Waals surface area contributed by atoms with Crippen LogP contribution in [0, 0.1) is 29.6 Å². The number of pyridine rings is 1. The summed E-state index contributed by atoms with van der Waals surface area (Å²) in [7, 11) is 0. The number of aromatic nitrogens is 1. The first-order valence-electron chi connectivity index (χ1n) is 9.44. The lowest BCUT2D eigenvalue weighted by molar-refractivity contribution is 0.949. The highest BCUT2D eigenvalue weighted by molar-refractivity contribution is 6.08. The molecule has 0 saturated carbocycles. The minimum Gasteiger partial charge on any atom is -0.383 e. The molecule has 2 N–H and O–H groups in total. The van der Waals surface area contributed by atoms with Crippen molar-refractivity contribution in [2.45, 2.75) is 26.7 Å². The van der Waals surface area contributed by atoms with Crippen molar-refractivity contribution in [2.75, 3.05) is 23.7 Å². The van der Waals surface area contributed by atoms with E-state index in [0.717, 1.165) is 40.9 Å². The second kappa shape index (κ2) is 6.87. The predicted molar refractivity (Wildman–Crippen MR) is 112 cm³/mol. The summed E-state index contributed by atoms with van der Waals surface area (Å²) >= 11 is 0. The Labute approximate surface area is 165 Å². The van der Waals surface area contributed by atoms with Crippen molar-refractivity contribution in [1.29, 1.82) is 10.5 Å². The first kappa shape index (κ1) is 17.8. The highest BCUT2D eigenvalue weighted by Gasteiger charge is 2.29. The van der Waals surface area contributed by atoms with E-state index in [1.807, 2.05) is 13.8 Å². The Morgan fingerprint density at radius 2 is 1.75 bits per heavy atom. The van der Waals surface area contributed by atoms with Crippen LogP contribution in [0.5, 0.6) is 0 Å². The van der Waals surface area contributed by atoms with Gasteiger partial charge in [0.15, 0.2) is 0 Å². The highest BCUT2D eigenvalue weighted by Crippen LogP contribution is 2.44. The number of allylic oxidation sites excluding steroid dienone is 3. The number of hydrogen-bond acceptors (Lipinski definition) is 5. The summed E-state index contributed by atoms with van der Waals surface area (Å²) in [6.07, 6.45) is 4.57. The number of nitrogens with zero attached hydrogens (tertiary/aromatic N) is 4. The molecule has 2 aliphatic rings. The maximum atomic E-state index is 9.65. The molecule has 1 fully saturated rings. The summed E-state index contributed by atoms with van der Waals surface area (Å²) < 4.78 is 0. The fourth-order valence-corrected chi connectivity index (χ4v) is 4.12. The number of fused-ring (bicyclic) bond motifs is 1. The van der Waals surface area contributed by atoms with Crippen LogP contribution in [0.15, 0.2) is 29.8 Å². The minimum atomic E-state index is 0.176. The van der Waals surface area contributed by atoms with Crippen LogP contribution in [0.3, 0.4) is 0 Å². The number of anilines is 2. The molecule has 4 rings (SSSR count). The molecule has 2 heterocycles. The third-order valence-corrected chi connectivity index (χ3v) is 5.66. The van der Waals surface area contributed by atoms with Gasteiger partial charge in [-0.2, -0.15) is 10.5 Å². The quantitative estimate of drug-likeness (QED) is 0.855. The van der Waals surface area contributed by atoms with Crippen molar-refractivity contribution in [1.82, 2.24) is 4.98 Å². The van der Waals surface area contributed by atoms with Crippen LogP contribution in [0.25, 0.3) is 17.2 Å². The number of hydrogen-bond donors (Lipinski definition) is 1. The standard InChI is InChI=1S/C23H21N5/c1-14-18(11-16-5-7-17(8-6-16)28-9-3-4-10-28)21-15(2)20(13-25)23(26)27-22(21)19(14)12-24/h5-8,11H,3-4,9-10H2,1-2H3,(H2,26,27)/b18-11-. The number of nitrogens with two attached hydrogens (primary N) is 1. The van der Waals surface area contributed by atoms with Gasteiger partial charge in [0.2, 0.25) is 0 Å². The smallest absolute Gasteiger partial charge is 0.142 e. The normalized spacial score (nSPS) is 17.0. The van der Waals surface area contributed by atoms with Gasteiger partial charge < -0.3 is 10.6 Å². The van der Waals surface area contributed by atoms with Gasteiger partial charge in [-0.25, -0.2) is 4.98 Å². The molecular formula is C23H21N5. The molecule has 1 aliphatic carbocycles. The topological polar surface area (TPSA) is 89.7 Å². The van der Waals surface area contributed by atoms with Crippen molar-refractivity contribution in [3.05, 3.63) is 57.8 Å². The van der Waals surface area contributed by atoms with Gasteiger partial charge in [0, 0.05) is 24.3 Å². The van der Waals surface area contributed by atoms with Crippen LogP contribution in [-0.2, 0) is 0 Å². The minimum absolute atomic E-state index is 0.176. The molecule has 1 aromatic heterocycles. The van der Waals surface area contributed by atoms with E-state index >= 15 is 0 Å². The van der Waals surface area contributed by atoms with Gasteiger partial charge in [0.1, 0.15) is 18.0 Å². The number of nitrogen functional groups attached to an aromatic ring is 1. The molecule has 138 valence electrons. The van der Waals surface area contributed by atoms with E-state index < -0.39 is 0 Å². The molecule has 0 radical (unpaired) electrons. The molecule has 5 nitrogen and oxygen atoms in total. The zero-order valence-electron chi connectivity index (χ0n) is 16.1. The first-order valence-corrected chi connectivity index (χ1v) is 9.44. The Kier molecular flexibility index (Phi) is 4.37. The molecular weight excluding hydrogens is 346 g/mol. The second-order valence-electron chi connectivity index (χ2n) is 7.29. The fourth-order valence-electron chi connectivity index (χ4n) is 4.12. The average Bonchev–Trinajstić information content (AvgIpc) is 3.30. The lowest BCUT2D eigenvalue weighted by Crippen LogP contribution is -2.17. The van der Waals surface area contributed by atoms with E-state index in [2.05, 4.69) is 52.4 Å². The third kappa shape index (κ3) is 2.73. The van der Waals surface area contributed by atoms with Crippen LogP contribution in [0.2, 0.25) is 0 Å². The van der Waals surface area contributed by atoms with Gasteiger partial charge in [-0.1, -0.05) is 12.1 Å². The molecule has 0 amide bonds. The monoisotopic (exact) mass is 367 g/mol. The van der Waals surface area contributed by atoms with Gasteiger partial charge in [-0.15, -0.1) is 0 Å². The number of nitriles is 2. The molecule has 28 heavy (non-hydrogen) atoms. The van der Waals surface area contributed by atoms with Crippen molar-refractivity contribution in [3.63, 3.8) is 0 Å². The zero-order chi connectivity index (χ0) is 19.8. The largest absolute Gasteiger partial charge is 0.383 e. The van der Waals surface area contributed by atoms with E-state index in [-0.39, 0.29) is 5.82 Å². The molecule has 0 spiro atoms. The van der Waals surface area contributed by atoms with Crippen LogP contribution in [-0.4, -0.2) is 18.1 Å². The van der Waals surface area contributed by atoms with E-state index in [0.29, 0.717) is 16.8 Å². The maximum Gasteiger partial charge on any atom is 0.142 e. The van der Waals surface area contributed by atoms with Crippen molar-refractivity contribution in [3.8, 4) is 12.1 Å². The summed E-state index contributed by atoms with van der Waals surface area (Å²) in [5, 5.41) is 19.1. The average molecular weight is 367 g/mol. The van der Waals surface area contributed by atoms with Crippen LogP contribution in [0.4, 0.5) is 11.5 Å². The molecule has 0 atom stereocenters. The number of benzene rings is 1. The Morgan fingerprint density at radius 3 is 2.36 bits per heavy atom. The summed E-state index contributed by atoms with van der Waals surface area (Å²) in [5.74, 6) is 0.176. The molecule has 5 heteroatoms.